The van der Waals surface area contributed by atoms with Crippen LogP contribution in [0.2, 0.25) is 5.02 Å². The fraction of sp³-hybridized carbons (Fsp3) is 0.100. The lowest BCUT2D eigenvalue weighted by molar-refractivity contribution is -0.137. The summed E-state index contributed by atoms with van der Waals surface area (Å²) in [6.45, 7) is 0. The van der Waals surface area contributed by atoms with Crippen LogP contribution >= 0.6 is 23.4 Å². The number of thioether (sulfide) groups is 1. The molecule has 27 heavy (non-hydrogen) atoms. The Balaban J connectivity index is 2.00. The molecule has 0 saturated heterocycles. The molecule has 0 aliphatic carbocycles. The standard InChI is InChI=1S/C20H14ClF3N2S/c21-16-8-9-18(17(11-16)20(22,23)24)26-19(15-7-4-10-25-12-15)27-13-14-5-2-1-3-6-14/h1-12H,13H2. The second-order valence-corrected chi connectivity index (χ2v) is 6.99. The van der Waals surface area contributed by atoms with Gasteiger partial charge in [0.1, 0.15) is 5.04 Å². The van der Waals surface area contributed by atoms with Crippen molar-refractivity contribution in [2.75, 3.05) is 0 Å². The van der Waals surface area contributed by atoms with Gasteiger partial charge in [-0.3, -0.25) is 4.98 Å². The third-order valence-corrected chi connectivity index (χ3v) is 4.93. The van der Waals surface area contributed by atoms with E-state index in [1.807, 2.05) is 30.3 Å². The van der Waals surface area contributed by atoms with Crippen LogP contribution in [0.4, 0.5) is 18.9 Å². The summed E-state index contributed by atoms with van der Waals surface area (Å²) in [5.41, 5.74) is 0.663. The highest BCUT2D eigenvalue weighted by Crippen LogP contribution is 2.38. The highest BCUT2D eigenvalue weighted by atomic mass is 35.5. The largest absolute Gasteiger partial charge is 0.418 e. The molecule has 1 aromatic heterocycles. The van der Waals surface area contributed by atoms with Crippen LogP contribution in [0.15, 0.2) is 78.0 Å². The minimum Gasteiger partial charge on any atom is -0.264 e. The van der Waals surface area contributed by atoms with Crippen molar-refractivity contribution in [1.82, 2.24) is 4.98 Å². The first-order valence-electron chi connectivity index (χ1n) is 7.96. The van der Waals surface area contributed by atoms with E-state index in [0.29, 0.717) is 16.4 Å². The molecule has 7 heteroatoms. The Morgan fingerprint density at radius 3 is 2.48 bits per heavy atom. The average Bonchev–Trinajstić information content (AvgIpc) is 2.67. The molecule has 0 aliphatic rings. The molecule has 0 unspecified atom stereocenters. The summed E-state index contributed by atoms with van der Waals surface area (Å²) in [6, 6.07) is 16.7. The number of aliphatic imine (C=N–C) groups is 1. The SMILES string of the molecule is FC(F)(F)c1cc(Cl)ccc1N=C(SCc1ccccc1)c1cccnc1. The van der Waals surface area contributed by atoms with E-state index in [2.05, 4.69) is 9.98 Å². The second-order valence-electron chi connectivity index (χ2n) is 5.59. The lowest BCUT2D eigenvalue weighted by Crippen LogP contribution is -2.06. The molecule has 0 bridgehead atoms. The van der Waals surface area contributed by atoms with E-state index in [4.69, 9.17) is 11.6 Å². The molecule has 2 aromatic carbocycles. The van der Waals surface area contributed by atoms with Crippen LogP contribution in [-0.4, -0.2) is 10.0 Å². The Bertz CT molecular complexity index is 929. The Morgan fingerprint density at radius 1 is 1.04 bits per heavy atom. The third kappa shape index (κ3) is 5.34. The molecule has 0 saturated carbocycles. The minimum atomic E-state index is -4.55. The van der Waals surface area contributed by atoms with Gasteiger partial charge < -0.3 is 0 Å². The third-order valence-electron chi connectivity index (χ3n) is 3.61. The van der Waals surface area contributed by atoms with Crippen molar-refractivity contribution in [3.05, 3.63) is 94.8 Å². The first-order chi connectivity index (χ1) is 12.9. The number of aromatic nitrogens is 1. The molecular formula is C20H14ClF3N2S. The summed E-state index contributed by atoms with van der Waals surface area (Å²) in [7, 11) is 0. The summed E-state index contributed by atoms with van der Waals surface area (Å²) < 4.78 is 40.2. The predicted octanol–water partition coefficient (Wildman–Crippen LogP) is 6.77. The van der Waals surface area contributed by atoms with Gasteiger partial charge in [0.05, 0.1) is 11.3 Å². The molecule has 0 atom stereocenters. The maximum atomic E-state index is 13.4. The summed E-state index contributed by atoms with van der Waals surface area (Å²) in [5, 5.41) is 0.473. The number of pyridine rings is 1. The van der Waals surface area contributed by atoms with Crippen LogP contribution in [0.5, 0.6) is 0 Å². The van der Waals surface area contributed by atoms with Gasteiger partial charge in [-0.2, -0.15) is 13.2 Å². The van der Waals surface area contributed by atoms with Crippen LogP contribution in [-0.2, 0) is 11.9 Å². The number of hydrogen-bond donors (Lipinski definition) is 0. The fourth-order valence-corrected chi connectivity index (χ4v) is 3.46. The van der Waals surface area contributed by atoms with E-state index in [1.54, 1.807) is 24.5 Å². The van der Waals surface area contributed by atoms with Crippen molar-refractivity contribution in [3.8, 4) is 0 Å². The molecule has 0 amide bonds. The molecule has 0 radical (unpaired) electrons. The number of alkyl halides is 3. The molecule has 138 valence electrons. The molecule has 3 aromatic rings. The zero-order valence-electron chi connectivity index (χ0n) is 13.9. The Labute approximate surface area is 164 Å². The van der Waals surface area contributed by atoms with E-state index < -0.39 is 11.7 Å². The number of hydrogen-bond acceptors (Lipinski definition) is 3. The number of nitrogens with zero attached hydrogens (tertiary/aromatic N) is 2. The van der Waals surface area contributed by atoms with E-state index in [9.17, 15) is 13.2 Å². The predicted molar refractivity (Wildman–Crippen MR) is 105 cm³/mol. The Hall–Kier alpha value is -2.31. The van der Waals surface area contributed by atoms with Crippen LogP contribution in [0.25, 0.3) is 0 Å². The molecule has 0 fully saturated rings. The minimum absolute atomic E-state index is 0.0149. The van der Waals surface area contributed by atoms with E-state index in [1.165, 1.54) is 23.9 Å². The van der Waals surface area contributed by atoms with Gasteiger partial charge in [0.2, 0.25) is 0 Å². The van der Waals surface area contributed by atoms with Crippen LogP contribution in [0, 0.1) is 0 Å². The summed E-state index contributed by atoms with van der Waals surface area (Å²) in [4.78, 5) is 8.36. The zero-order valence-corrected chi connectivity index (χ0v) is 15.5. The van der Waals surface area contributed by atoms with Gasteiger partial charge in [0.15, 0.2) is 0 Å². The summed E-state index contributed by atoms with van der Waals surface area (Å²) >= 11 is 7.11. The van der Waals surface area contributed by atoms with Crippen LogP contribution in [0.1, 0.15) is 16.7 Å². The van der Waals surface area contributed by atoms with E-state index >= 15 is 0 Å². The topological polar surface area (TPSA) is 25.2 Å². The quantitative estimate of drug-likeness (QED) is 0.353. The van der Waals surface area contributed by atoms with E-state index in [0.717, 1.165) is 11.6 Å². The number of rotatable bonds is 4. The molecule has 0 aliphatic heterocycles. The van der Waals surface area contributed by atoms with Crippen molar-refractivity contribution in [1.29, 1.82) is 0 Å². The molecule has 0 spiro atoms. The van der Waals surface area contributed by atoms with Gasteiger partial charge in [0, 0.05) is 28.7 Å². The zero-order chi connectivity index (χ0) is 19.3. The van der Waals surface area contributed by atoms with Gasteiger partial charge >= 0.3 is 6.18 Å². The summed E-state index contributed by atoms with van der Waals surface area (Å²) in [6.07, 6.45) is -1.36. The first-order valence-corrected chi connectivity index (χ1v) is 9.32. The average molecular weight is 407 g/mol. The molecule has 0 N–H and O–H groups in total. The van der Waals surface area contributed by atoms with Gasteiger partial charge in [0.25, 0.3) is 0 Å². The monoisotopic (exact) mass is 406 g/mol. The van der Waals surface area contributed by atoms with Crippen molar-refractivity contribution < 1.29 is 13.2 Å². The molecule has 2 nitrogen and oxygen atoms in total. The Morgan fingerprint density at radius 2 is 1.81 bits per heavy atom. The fourth-order valence-electron chi connectivity index (χ4n) is 2.34. The Kier molecular flexibility index (Phi) is 6.19. The lowest BCUT2D eigenvalue weighted by atomic mass is 10.1. The second kappa shape index (κ2) is 8.59. The van der Waals surface area contributed by atoms with E-state index in [-0.39, 0.29) is 10.7 Å². The number of halogens is 4. The van der Waals surface area contributed by atoms with Gasteiger partial charge in [-0.15, -0.1) is 11.8 Å². The smallest absolute Gasteiger partial charge is 0.264 e. The van der Waals surface area contributed by atoms with Crippen molar-refractivity contribution in [2.45, 2.75) is 11.9 Å². The van der Waals surface area contributed by atoms with Gasteiger partial charge in [-0.05, 0) is 35.9 Å². The van der Waals surface area contributed by atoms with Crippen molar-refractivity contribution in [3.63, 3.8) is 0 Å². The lowest BCUT2D eigenvalue weighted by Gasteiger charge is -2.12. The molecule has 3 rings (SSSR count). The number of benzene rings is 2. The normalized spacial score (nSPS) is 12.2. The van der Waals surface area contributed by atoms with Gasteiger partial charge in [-0.25, -0.2) is 4.99 Å². The first kappa shape index (κ1) is 19.5. The highest BCUT2D eigenvalue weighted by Gasteiger charge is 2.34. The van der Waals surface area contributed by atoms with Crippen molar-refractivity contribution >= 4 is 34.1 Å². The molecule has 1 heterocycles. The van der Waals surface area contributed by atoms with Gasteiger partial charge in [-0.1, -0.05) is 41.9 Å². The van der Waals surface area contributed by atoms with Crippen LogP contribution in [0.3, 0.4) is 0 Å². The maximum absolute atomic E-state index is 13.4. The van der Waals surface area contributed by atoms with Crippen LogP contribution < -0.4 is 0 Å². The highest BCUT2D eigenvalue weighted by molar-refractivity contribution is 8.13. The van der Waals surface area contributed by atoms with Crippen molar-refractivity contribution in [2.24, 2.45) is 4.99 Å². The molecular weight excluding hydrogens is 393 g/mol. The summed E-state index contributed by atoms with van der Waals surface area (Å²) in [5.74, 6) is 0.573. The maximum Gasteiger partial charge on any atom is 0.418 e.